The van der Waals surface area contributed by atoms with Gasteiger partial charge in [-0.3, -0.25) is 9.59 Å². The Morgan fingerprint density at radius 3 is 2.16 bits per heavy atom. The first-order chi connectivity index (χ1) is 15.0. The number of amides is 2. The molecule has 3 rings (SSSR count). The lowest BCUT2D eigenvalue weighted by molar-refractivity contribution is -0.136. The first-order valence-electron chi connectivity index (χ1n) is 10.6. The molecule has 1 fully saturated rings. The number of halogens is 1. The number of carbonyl (C=O) groups excluding carboxylic acids is 2. The smallest absolute Gasteiger partial charge is 0.243 e. The van der Waals surface area contributed by atoms with E-state index in [0.717, 1.165) is 22.3 Å². The van der Waals surface area contributed by atoms with Gasteiger partial charge < -0.3 is 10.2 Å². The summed E-state index contributed by atoms with van der Waals surface area (Å²) in [5, 5.41) is 2.96. The molecule has 0 saturated carbocycles. The zero-order valence-corrected chi connectivity index (χ0v) is 19.3. The molecule has 32 heavy (non-hydrogen) atoms. The van der Waals surface area contributed by atoms with Gasteiger partial charge in [0.15, 0.2) is 9.84 Å². The van der Waals surface area contributed by atoms with E-state index in [9.17, 15) is 22.4 Å². The van der Waals surface area contributed by atoms with Crippen LogP contribution < -0.4 is 5.32 Å². The van der Waals surface area contributed by atoms with Crippen molar-refractivity contribution in [2.45, 2.75) is 44.4 Å². The van der Waals surface area contributed by atoms with E-state index in [4.69, 9.17) is 0 Å². The summed E-state index contributed by atoms with van der Waals surface area (Å²) in [6.45, 7) is 3.91. The Bertz CT molecular complexity index is 1060. The van der Waals surface area contributed by atoms with Crippen LogP contribution in [0.4, 0.5) is 4.39 Å². The van der Waals surface area contributed by atoms with E-state index in [-0.39, 0.29) is 13.0 Å². The van der Waals surface area contributed by atoms with E-state index in [1.54, 1.807) is 0 Å². The minimum atomic E-state index is -3.59. The summed E-state index contributed by atoms with van der Waals surface area (Å²) in [5.41, 5.74) is 2.88. The molecule has 0 spiro atoms. The van der Waals surface area contributed by atoms with Crippen LogP contribution in [0.25, 0.3) is 0 Å². The maximum Gasteiger partial charge on any atom is 0.243 e. The van der Waals surface area contributed by atoms with Gasteiger partial charge in [-0.1, -0.05) is 68.4 Å². The number of sulfone groups is 1. The van der Waals surface area contributed by atoms with Crippen molar-refractivity contribution in [2.24, 2.45) is 0 Å². The average molecular weight is 461 g/mol. The van der Waals surface area contributed by atoms with Crippen LogP contribution in [0.2, 0.25) is 0 Å². The second kappa shape index (κ2) is 9.81. The highest BCUT2D eigenvalue weighted by molar-refractivity contribution is 7.91. The zero-order chi connectivity index (χ0) is 23.5. The minimum absolute atomic E-state index is 0.158. The number of rotatable bonds is 7. The summed E-state index contributed by atoms with van der Waals surface area (Å²) in [5.74, 6) is -1.65. The highest BCUT2D eigenvalue weighted by atomic mass is 32.2. The molecule has 6 nitrogen and oxygen atoms in total. The van der Waals surface area contributed by atoms with E-state index >= 15 is 0 Å². The fraction of sp³-hybridized carbons (Fsp3) is 0.417. The third-order valence-electron chi connectivity index (χ3n) is 5.61. The third kappa shape index (κ3) is 5.94. The Balaban J connectivity index is 1.86. The first-order valence-corrected chi connectivity index (χ1v) is 12.7. The molecule has 8 heteroatoms. The number of alkyl halides is 1. The van der Waals surface area contributed by atoms with Gasteiger partial charge in [0.25, 0.3) is 0 Å². The topological polar surface area (TPSA) is 83.6 Å². The van der Waals surface area contributed by atoms with Crippen molar-refractivity contribution in [2.75, 3.05) is 18.6 Å². The lowest BCUT2D eigenvalue weighted by Crippen LogP contribution is -2.48. The van der Waals surface area contributed by atoms with Crippen LogP contribution in [0, 0.1) is 0 Å². The fourth-order valence-corrected chi connectivity index (χ4v) is 4.55. The molecule has 0 radical (unpaired) electrons. The normalized spacial score (nSPS) is 19.7. The summed E-state index contributed by atoms with van der Waals surface area (Å²) in [6.07, 6.45) is -0.598. The summed E-state index contributed by atoms with van der Waals surface area (Å²) in [7, 11) is -3.59. The van der Waals surface area contributed by atoms with Crippen molar-refractivity contribution in [3.8, 4) is 0 Å². The zero-order valence-electron chi connectivity index (χ0n) is 18.5. The molecule has 1 heterocycles. The van der Waals surface area contributed by atoms with Crippen LogP contribution >= 0.6 is 0 Å². The molecular weight excluding hydrogens is 431 g/mol. The highest BCUT2D eigenvalue weighted by Gasteiger charge is 2.41. The summed E-state index contributed by atoms with van der Waals surface area (Å²) in [6, 6.07) is 15.8. The largest absolute Gasteiger partial charge is 0.343 e. The monoisotopic (exact) mass is 460 g/mol. The van der Waals surface area contributed by atoms with Crippen LogP contribution in [-0.4, -0.2) is 55.9 Å². The number of hydrogen-bond acceptors (Lipinski definition) is 4. The van der Waals surface area contributed by atoms with Gasteiger partial charge in [-0.05, 0) is 22.6 Å². The molecule has 0 bridgehead atoms. The molecule has 0 aliphatic carbocycles. The maximum atomic E-state index is 14.2. The molecule has 1 N–H and O–H groups in total. The number of nitrogens with zero attached hydrogens (tertiary/aromatic N) is 1. The van der Waals surface area contributed by atoms with Crippen molar-refractivity contribution in [1.82, 2.24) is 10.2 Å². The van der Waals surface area contributed by atoms with E-state index in [1.165, 1.54) is 5.56 Å². The SMILES string of the molecule is CC(C)c1ccc(C(NC(=O)C2CC(F)CN2C(=O)CS(C)(=O)=O)c2ccccc2)cc1. The predicted molar refractivity (Wildman–Crippen MR) is 122 cm³/mol. The lowest BCUT2D eigenvalue weighted by Gasteiger charge is -2.27. The van der Waals surface area contributed by atoms with Crippen molar-refractivity contribution < 1.29 is 22.4 Å². The molecule has 1 aliphatic heterocycles. The maximum absolute atomic E-state index is 14.2. The van der Waals surface area contributed by atoms with Crippen LogP contribution in [-0.2, 0) is 19.4 Å². The number of carbonyl (C=O) groups is 2. The Kier molecular flexibility index (Phi) is 7.33. The molecule has 2 aromatic rings. The van der Waals surface area contributed by atoms with Gasteiger partial charge >= 0.3 is 0 Å². The standard InChI is InChI=1S/C24H29FN2O4S/c1-16(2)17-9-11-19(12-10-17)23(18-7-5-4-6-8-18)26-24(29)21-13-20(25)14-27(21)22(28)15-32(3,30)31/h4-12,16,20-21,23H,13-15H2,1-3H3,(H,26,29). The lowest BCUT2D eigenvalue weighted by atomic mass is 9.95. The average Bonchev–Trinajstić information content (AvgIpc) is 3.13. The molecular formula is C24H29FN2O4S. The van der Waals surface area contributed by atoms with Gasteiger partial charge in [0.05, 0.1) is 12.6 Å². The molecule has 2 aromatic carbocycles. The Hall–Kier alpha value is -2.74. The number of likely N-dealkylation sites (tertiary alicyclic amines) is 1. The third-order valence-corrected chi connectivity index (χ3v) is 6.39. The van der Waals surface area contributed by atoms with Crippen LogP contribution in [0.5, 0.6) is 0 Å². The van der Waals surface area contributed by atoms with E-state index in [2.05, 4.69) is 19.2 Å². The Morgan fingerprint density at radius 1 is 1.03 bits per heavy atom. The number of benzene rings is 2. The van der Waals surface area contributed by atoms with Gasteiger partial charge in [0, 0.05) is 12.7 Å². The van der Waals surface area contributed by atoms with Crippen molar-refractivity contribution >= 4 is 21.7 Å². The van der Waals surface area contributed by atoms with Crippen molar-refractivity contribution in [3.63, 3.8) is 0 Å². The molecule has 2 amide bonds. The Labute approximate surface area is 188 Å². The van der Waals surface area contributed by atoms with Crippen LogP contribution in [0.3, 0.4) is 0 Å². The van der Waals surface area contributed by atoms with E-state index in [1.807, 2.05) is 54.6 Å². The van der Waals surface area contributed by atoms with Gasteiger partial charge in [0.1, 0.15) is 18.0 Å². The number of nitrogens with one attached hydrogen (secondary N) is 1. The summed E-state index contributed by atoms with van der Waals surface area (Å²) < 4.78 is 37.2. The molecule has 3 atom stereocenters. The first kappa shape index (κ1) is 23.9. The van der Waals surface area contributed by atoms with Crippen molar-refractivity contribution in [1.29, 1.82) is 0 Å². The summed E-state index contributed by atoms with van der Waals surface area (Å²) in [4.78, 5) is 26.7. The van der Waals surface area contributed by atoms with Gasteiger partial charge in [0.2, 0.25) is 11.8 Å². The van der Waals surface area contributed by atoms with Gasteiger partial charge in [-0.2, -0.15) is 0 Å². The molecule has 0 aromatic heterocycles. The molecule has 1 aliphatic rings. The van der Waals surface area contributed by atoms with Gasteiger partial charge in [-0.15, -0.1) is 0 Å². The quantitative estimate of drug-likeness (QED) is 0.689. The molecule has 1 saturated heterocycles. The highest BCUT2D eigenvalue weighted by Crippen LogP contribution is 2.27. The Morgan fingerprint density at radius 2 is 1.59 bits per heavy atom. The van der Waals surface area contributed by atoms with Crippen LogP contribution in [0.15, 0.2) is 54.6 Å². The predicted octanol–water partition coefficient (Wildman–Crippen LogP) is 3.00. The van der Waals surface area contributed by atoms with Gasteiger partial charge in [-0.25, -0.2) is 12.8 Å². The second-order valence-corrected chi connectivity index (χ2v) is 10.8. The van der Waals surface area contributed by atoms with E-state index < -0.39 is 45.7 Å². The van der Waals surface area contributed by atoms with Crippen molar-refractivity contribution in [3.05, 3.63) is 71.3 Å². The minimum Gasteiger partial charge on any atom is -0.343 e. The van der Waals surface area contributed by atoms with Crippen LogP contribution in [0.1, 0.15) is 48.9 Å². The molecule has 172 valence electrons. The number of hydrogen-bond donors (Lipinski definition) is 1. The fourth-order valence-electron chi connectivity index (χ4n) is 3.93. The molecule has 3 unspecified atom stereocenters. The summed E-state index contributed by atoms with van der Waals surface area (Å²) >= 11 is 0. The second-order valence-electron chi connectivity index (χ2n) is 8.64. The van der Waals surface area contributed by atoms with E-state index in [0.29, 0.717) is 5.92 Å².